The molecular weight excluding hydrogens is 251 g/mol. The van der Waals surface area contributed by atoms with Crippen LogP contribution in [0.1, 0.15) is 17.5 Å². The minimum Gasteiger partial charge on any atom is -0.367 e. The molecule has 0 fully saturated rings. The molecule has 106 valence electrons. The van der Waals surface area contributed by atoms with Crippen molar-refractivity contribution in [2.24, 2.45) is 5.73 Å². The van der Waals surface area contributed by atoms with Crippen LogP contribution < -0.4 is 10.6 Å². The monoisotopic (exact) mass is 272 g/mol. The fraction of sp³-hybridized carbons (Fsp3) is 0.294. The van der Waals surface area contributed by atoms with Crippen molar-refractivity contribution in [1.82, 2.24) is 0 Å². The Hall–Kier alpha value is -1.87. The van der Waals surface area contributed by atoms with Crippen LogP contribution >= 0.6 is 0 Å². The van der Waals surface area contributed by atoms with E-state index in [-0.39, 0.29) is 5.82 Å². The quantitative estimate of drug-likeness (QED) is 0.872. The van der Waals surface area contributed by atoms with Crippen LogP contribution in [0.3, 0.4) is 0 Å². The third kappa shape index (κ3) is 4.07. The smallest absolute Gasteiger partial charge is 0.125 e. The van der Waals surface area contributed by atoms with Crippen LogP contribution in [-0.4, -0.2) is 13.1 Å². The number of rotatable bonds is 6. The maximum Gasteiger partial charge on any atom is 0.125 e. The number of hydrogen-bond donors (Lipinski definition) is 1. The van der Waals surface area contributed by atoms with E-state index in [9.17, 15) is 4.39 Å². The highest BCUT2D eigenvalue weighted by Gasteiger charge is 2.08. The second-order valence-corrected chi connectivity index (χ2v) is 5.03. The summed E-state index contributed by atoms with van der Waals surface area (Å²) in [6, 6.07) is 15.1. The lowest BCUT2D eigenvalue weighted by atomic mass is 10.1. The van der Waals surface area contributed by atoms with Gasteiger partial charge < -0.3 is 10.6 Å². The summed E-state index contributed by atoms with van der Waals surface area (Å²) in [6.07, 6.45) is 0.891. The largest absolute Gasteiger partial charge is 0.367 e. The molecule has 2 aromatic rings. The number of aryl methyl sites for hydroxylation is 1. The Labute approximate surface area is 120 Å². The van der Waals surface area contributed by atoms with Gasteiger partial charge in [-0.15, -0.1) is 0 Å². The minimum absolute atomic E-state index is 0.204. The summed E-state index contributed by atoms with van der Waals surface area (Å²) in [7, 11) is 0. The summed E-state index contributed by atoms with van der Waals surface area (Å²) in [4.78, 5) is 2.17. The first-order valence-electron chi connectivity index (χ1n) is 6.95. The van der Waals surface area contributed by atoms with Gasteiger partial charge in [-0.3, -0.25) is 0 Å². The molecule has 2 nitrogen and oxygen atoms in total. The average Bonchev–Trinajstić information content (AvgIpc) is 2.43. The van der Waals surface area contributed by atoms with Crippen LogP contribution in [0.15, 0.2) is 48.5 Å². The average molecular weight is 272 g/mol. The van der Waals surface area contributed by atoms with Gasteiger partial charge in [0.1, 0.15) is 5.82 Å². The molecule has 0 atom stereocenters. The molecule has 2 aromatic carbocycles. The first-order chi connectivity index (χ1) is 9.69. The molecule has 0 bridgehead atoms. The highest BCUT2D eigenvalue weighted by molar-refractivity contribution is 5.47. The van der Waals surface area contributed by atoms with Crippen LogP contribution in [0.2, 0.25) is 0 Å². The van der Waals surface area contributed by atoms with Gasteiger partial charge in [-0.1, -0.05) is 35.9 Å². The molecule has 0 aliphatic carbocycles. The first kappa shape index (κ1) is 14.5. The predicted octanol–water partition coefficient (Wildman–Crippen LogP) is 3.49. The van der Waals surface area contributed by atoms with Crippen molar-refractivity contribution in [1.29, 1.82) is 0 Å². The molecular formula is C17H21FN2. The van der Waals surface area contributed by atoms with Crippen LogP contribution in [-0.2, 0) is 6.54 Å². The molecule has 3 heteroatoms. The third-order valence-electron chi connectivity index (χ3n) is 3.26. The van der Waals surface area contributed by atoms with Gasteiger partial charge in [0.2, 0.25) is 0 Å². The van der Waals surface area contributed by atoms with Crippen molar-refractivity contribution in [2.75, 3.05) is 18.0 Å². The van der Waals surface area contributed by atoms with E-state index >= 15 is 0 Å². The molecule has 0 unspecified atom stereocenters. The standard InChI is InChI=1S/C17H21FN2/c1-14-5-2-6-15(11-14)13-20(10-4-9-19)17-8-3-7-16(18)12-17/h2-3,5-8,11-12H,4,9-10,13,19H2,1H3. The van der Waals surface area contributed by atoms with Crippen molar-refractivity contribution in [3.8, 4) is 0 Å². The van der Waals surface area contributed by atoms with Gasteiger partial charge in [-0.2, -0.15) is 0 Å². The lowest BCUT2D eigenvalue weighted by Gasteiger charge is -2.25. The van der Waals surface area contributed by atoms with Crippen LogP contribution in [0.4, 0.5) is 10.1 Å². The Morgan fingerprint density at radius 2 is 1.90 bits per heavy atom. The summed E-state index contributed by atoms with van der Waals surface area (Å²) in [5, 5.41) is 0. The van der Waals surface area contributed by atoms with Crippen molar-refractivity contribution in [2.45, 2.75) is 19.9 Å². The highest BCUT2D eigenvalue weighted by Crippen LogP contribution is 2.19. The summed E-state index contributed by atoms with van der Waals surface area (Å²) in [5.74, 6) is -0.204. The van der Waals surface area contributed by atoms with Gasteiger partial charge in [0.15, 0.2) is 0 Å². The zero-order valence-corrected chi connectivity index (χ0v) is 11.8. The molecule has 2 rings (SSSR count). The molecule has 0 spiro atoms. The number of anilines is 1. The Morgan fingerprint density at radius 1 is 1.10 bits per heavy atom. The summed E-state index contributed by atoms with van der Waals surface area (Å²) in [5.41, 5.74) is 8.97. The number of benzene rings is 2. The van der Waals surface area contributed by atoms with Crippen molar-refractivity contribution >= 4 is 5.69 Å². The molecule has 0 radical (unpaired) electrons. The molecule has 0 amide bonds. The van der Waals surface area contributed by atoms with Gasteiger partial charge in [0.25, 0.3) is 0 Å². The molecule has 0 saturated carbocycles. The van der Waals surface area contributed by atoms with E-state index in [2.05, 4.69) is 36.1 Å². The Balaban J connectivity index is 2.19. The van der Waals surface area contributed by atoms with Gasteiger partial charge in [0.05, 0.1) is 0 Å². The molecule has 0 saturated heterocycles. The second-order valence-electron chi connectivity index (χ2n) is 5.03. The van der Waals surface area contributed by atoms with Gasteiger partial charge in [0, 0.05) is 18.8 Å². The van der Waals surface area contributed by atoms with E-state index in [0.29, 0.717) is 6.54 Å². The third-order valence-corrected chi connectivity index (χ3v) is 3.26. The predicted molar refractivity (Wildman–Crippen MR) is 82.3 cm³/mol. The minimum atomic E-state index is -0.204. The van der Waals surface area contributed by atoms with Gasteiger partial charge in [-0.05, 0) is 43.7 Å². The number of hydrogen-bond acceptors (Lipinski definition) is 2. The zero-order chi connectivity index (χ0) is 14.4. The van der Waals surface area contributed by atoms with Crippen LogP contribution in [0, 0.1) is 12.7 Å². The lowest BCUT2D eigenvalue weighted by Crippen LogP contribution is -2.25. The Morgan fingerprint density at radius 3 is 2.60 bits per heavy atom. The number of nitrogens with zero attached hydrogens (tertiary/aromatic N) is 1. The van der Waals surface area contributed by atoms with Crippen molar-refractivity contribution < 1.29 is 4.39 Å². The lowest BCUT2D eigenvalue weighted by molar-refractivity contribution is 0.625. The Kier molecular flexibility index (Phi) is 5.13. The fourth-order valence-corrected chi connectivity index (χ4v) is 2.29. The first-order valence-corrected chi connectivity index (χ1v) is 6.95. The van der Waals surface area contributed by atoms with Gasteiger partial charge >= 0.3 is 0 Å². The van der Waals surface area contributed by atoms with Crippen LogP contribution in [0.25, 0.3) is 0 Å². The molecule has 0 heterocycles. The normalized spacial score (nSPS) is 10.6. The molecule has 0 aliphatic rings. The van der Waals surface area contributed by atoms with E-state index in [1.54, 1.807) is 12.1 Å². The molecule has 0 aliphatic heterocycles. The second kappa shape index (κ2) is 7.06. The highest BCUT2D eigenvalue weighted by atomic mass is 19.1. The van der Waals surface area contributed by atoms with E-state index in [4.69, 9.17) is 5.73 Å². The number of halogens is 1. The maximum atomic E-state index is 13.4. The van der Waals surface area contributed by atoms with Crippen molar-refractivity contribution in [3.63, 3.8) is 0 Å². The zero-order valence-electron chi connectivity index (χ0n) is 11.8. The van der Waals surface area contributed by atoms with Gasteiger partial charge in [-0.25, -0.2) is 4.39 Å². The number of nitrogens with two attached hydrogens (primary N) is 1. The maximum absolute atomic E-state index is 13.4. The molecule has 2 N–H and O–H groups in total. The van der Waals surface area contributed by atoms with E-state index in [1.807, 2.05) is 6.07 Å². The van der Waals surface area contributed by atoms with Crippen molar-refractivity contribution in [3.05, 3.63) is 65.5 Å². The molecule has 0 aromatic heterocycles. The van der Waals surface area contributed by atoms with Crippen LogP contribution in [0.5, 0.6) is 0 Å². The van der Waals surface area contributed by atoms with E-state index < -0.39 is 0 Å². The Bertz CT molecular complexity index is 554. The summed E-state index contributed by atoms with van der Waals surface area (Å²) >= 11 is 0. The molecule has 20 heavy (non-hydrogen) atoms. The summed E-state index contributed by atoms with van der Waals surface area (Å²) < 4.78 is 13.4. The SMILES string of the molecule is Cc1cccc(CN(CCCN)c2cccc(F)c2)c1. The van der Waals surface area contributed by atoms with E-state index in [1.165, 1.54) is 17.2 Å². The fourth-order valence-electron chi connectivity index (χ4n) is 2.29. The van der Waals surface area contributed by atoms with E-state index in [0.717, 1.165) is 25.2 Å². The topological polar surface area (TPSA) is 29.3 Å². The summed E-state index contributed by atoms with van der Waals surface area (Å²) in [6.45, 7) is 4.31.